The van der Waals surface area contributed by atoms with Crippen LogP contribution in [0, 0.1) is 5.82 Å². The highest BCUT2D eigenvalue weighted by Crippen LogP contribution is 2.18. The Morgan fingerprint density at radius 2 is 1.86 bits per heavy atom. The van der Waals surface area contributed by atoms with Crippen LogP contribution in [0.4, 0.5) is 10.1 Å². The molecule has 3 N–H and O–H groups in total. The number of ether oxygens (including phenoxy) is 2. The molecular weight excluding hydrogens is 285 g/mol. The second-order valence-corrected chi connectivity index (χ2v) is 4.52. The minimum atomic E-state index is -0.420. The van der Waals surface area contributed by atoms with E-state index in [0.717, 1.165) is 11.4 Å². The molecule has 5 nitrogen and oxygen atoms in total. The molecule has 0 aliphatic carbocycles. The number of hydrogen-bond donors (Lipinski definition) is 2. The number of nitrogens with two attached hydrogens (primary N) is 1. The summed E-state index contributed by atoms with van der Waals surface area (Å²) in [6, 6.07) is 12.0. The zero-order chi connectivity index (χ0) is 15.9. The lowest BCUT2D eigenvalue weighted by Gasteiger charge is -2.07. The molecule has 0 saturated heterocycles. The van der Waals surface area contributed by atoms with Crippen molar-refractivity contribution in [1.29, 1.82) is 0 Å². The quantitative estimate of drug-likeness (QED) is 0.658. The summed E-state index contributed by atoms with van der Waals surface area (Å²) in [5, 5.41) is 2.95. The third-order valence-corrected chi connectivity index (χ3v) is 3.01. The van der Waals surface area contributed by atoms with E-state index in [1.54, 1.807) is 19.2 Å². The summed E-state index contributed by atoms with van der Waals surface area (Å²) in [4.78, 5) is 4.17. The normalized spacial score (nSPS) is 11.1. The van der Waals surface area contributed by atoms with E-state index in [9.17, 15) is 4.39 Å². The number of rotatable bonds is 5. The van der Waals surface area contributed by atoms with E-state index >= 15 is 0 Å². The molecule has 0 aromatic heterocycles. The lowest BCUT2D eigenvalue weighted by molar-refractivity contribution is 0.386. The smallest absolute Gasteiger partial charge is 0.193 e. The van der Waals surface area contributed by atoms with Crippen molar-refractivity contribution in [2.24, 2.45) is 10.7 Å². The predicted octanol–water partition coefficient (Wildman–Crippen LogP) is 2.77. The molecule has 0 aliphatic heterocycles. The van der Waals surface area contributed by atoms with Crippen molar-refractivity contribution in [3.8, 4) is 11.5 Å². The van der Waals surface area contributed by atoms with Crippen LogP contribution < -0.4 is 20.5 Å². The van der Waals surface area contributed by atoms with Gasteiger partial charge < -0.3 is 20.5 Å². The fraction of sp³-hybridized carbons (Fsp3) is 0.188. The summed E-state index contributed by atoms with van der Waals surface area (Å²) >= 11 is 0. The van der Waals surface area contributed by atoms with E-state index < -0.39 is 5.82 Å². The molecule has 0 fully saturated rings. The Balaban J connectivity index is 1.98. The molecule has 22 heavy (non-hydrogen) atoms. The number of halogens is 1. The molecule has 0 spiro atoms. The molecule has 6 heteroatoms. The Labute approximate surface area is 128 Å². The van der Waals surface area contributed by atoms with Crippen molar-refractivity contribution in [2.75, 3.05) is 19.5 Å². The van der Waals surface area contributed by atoms with Crippen LogP contribution in [0.25, 0.3) is 0 Å². The van der Waals surface area contributed by atoms with Crippen molar-refractivity contribution in [3.05, 3.63) is 53.8 Å². The van der Waals surface area contributed by atoms with E-state index in [-0.39, 0.29) is 18.3 Å². The monoisotopic (exact) mass is 303 g/mol. The molecule has 116 valence electrons. The number of nitrogens with zero attached hydrogens (tertiary/aromatic N) is 1. The Hall–Kier alpha value is -2.76. The summed E-state index contributed by atoms with van der Waals surface area (Å²) in [6.07, 6.45) is 0. The van der Waals surface area contributed by atoms with E-state index in [4.69, 9.17) is 15.2 Å². The molecule has 0 amide bonds. The van der Waals surface area contributed by atoms with Gasteiger partial charge in [0.25, 0.3) is 0 Å². The zero-order valence-electron chi connectivity index (χ0n) is 12.5. The van der Waals surface area contributed by atoms with Crippen molar-refractivity contribution >= 4 is 11.6 Å². The van der Waals surface area contributed by atoms with Gasteiger partial charge in [0.15, 0.2) is 17.5 Å². The Kier molecular flexibility index (Phi) is 5.19. The molecule has 0 heterocycles. The van der Waals surface area contributed by atoms with Crippen LogP contribution >= 0.6 is 0 Å². The van der Waals surface area contributed by atoms with Crippen LogP contribution in [-0.2, 0) is 6.54 Å². The maximum absolute atomic E-state index is 13.6. The van der Waals surface area contributed by atoms with Gasteiger partial charge in [0, 0.05) is 5.69 Å². The SMILES string of the molecule is COc1ccc(NC(N)=NCc2ccc(OC)c(F)c2)cc1. The Morgan fingerprint density at radius 3 is 2.45 bits per heavy atom. The average molecular weight is 303 g/mol. The molecule has 0 bridgehead atoms. The van der Waals surface area contributed by atoms with Crippen LogP contribution in [0.15, 0.2) is 47.5 Å². The first kappa shape index (κ1) is 15.6. The highest BCUT2D eigenvalue weighted by atomic mass is 19.1. The van der Waals surface area contributed by atoms with Gasteiger partial charge in [-0.05, 0) is 42.0 Å². The lowest BCUT2D eigenvalue weighted by Crippen LogP contribution is -2.22. The van der Waals surface area contributed by atoms with Crippen LogP contribution in [0.1, 0.15) is 5.56 Å². The van der Waals surface area contributed by atoms with Gasteiger partial charge in [0.1, 0.15) is 5.75 Å². The second kappa shape index (κ2) is 7.31. The number of guanidine groups is 1. The van der Waals surface area contributed by atoms with Gasteiger partial charge >= 0.3 is 0 Å². The molecule has 0 atom stereocenters. The number of methoxy groups -OCH3 is 2. The number of nitrogens with one attached hydrogen (secondary N) is 1. The fourth-order valence-electron chi connectivity index (χ4n) is 1.85. The third kappa shape index (κ3) is 4.12. The van der Waals surface area contributed by atoms with E-state index in [2.05, 4.69) is 10.3 Å². The summed E-state index contributed by atoms with van der Waals surface area (Å²) in [5.41, 5.74) is 7.31. The molecule has 0 saturated carbocycles. The molecule has 2 aromatic carbocycles. The van der Waals surface area contributed by atoms with E-state index in [1.165, 1.54) is 13.2 Å². The number of anilines is 1. The average Bonchev–Trinajstić information content (AvgIpc) is 2.54. The first-order valence-electron chi connectivity index (χ1n) is 6.66. The molecule has 0 unspecified atom stereocenters. The molecule has 0 aliphatic rings. The van der Waals surface area contributed by atoms with E-state index in [0.29, 0.717) is 5.56 Å². The summed E-state index contributed by atoms with van der Waals surface area (Å²) in [7, 11) is 3.03. The van der Waals surface area contributed by atoms with Crippen LogP contribution in [-0.4, -0.2) is 20.2 Å². The minimum Gasteiger partial charge on any atom is -0.497 e. The standard InChI is InChI=1S/C16H18FN3O2/c1-21-13-6-4-12(5-7-13)20-16(18)19-10-11-3-8-15(22-2)14(17)9-11/h3-9H,10H2,1-2H3,(H3,18,19,20). The zero-order valence-corrected chi connectivity index (χ0v) is 12.5. The van der Waals surface area contributed by atoms with Crippen LogP contribution in [0.2, 0.25) is 0 Å². The summed E-state index contributed by atoms with van der Waals surface area (Å²) < 4.78 is 23.5. The molecule has 2 rings (SSSR count). The lowest BCUT2D eigenvalue weighted by atomic mass is 10.2. The second-order valence-electron chi connectivity index (χ2n) is 4.52. The van der Waals surface area contributed by atoms with Gasteiger partial charge in [0.2, 0.25) is 0 Å². The van der Waals surface area contributed by atoms with Crippen LogP contribution in [0.5, 0.6) is 11.5 Å². The van der Waals surface area contributed by atoms with Crippen molar-refractivity contribution in [1.82, 2.24) is 0 Å². The van der Waals surface area contributed by atoms with Crippen LogP contribution in [0.3, 0.4) is 0 Å². The largest absolute Gasteiger partial charge is 0.497 e. The van der Waals surface area contributed by atoms with Gasteiger partial charge in [-0.15, -0.1) is 0 Å². The predicted molar refractivity (Wildman–Crippen MR) is 84.9 cm³/mol. The topological polar surface area (TPSA) is 68.9 Å². The first-order chi connectivity index (χ1) is 10.6. The van der Waals surface area contributed by atoms with Gasteiger partial charge in [-0.1, -0.05) is 6.07 Å². The molecule has 0 radical (unpaired) electrons. The molecule has 2 aromatic rings. The minimum absolute atomic E-state index is 0.206. The highest BCUT2D eigenvalue weighted by molar-refractivity contribution is 5.92. The van der Waals surface area contributed by atoms with Crippen molar-refractivity contribution in [2.45, 2.75) is 6.54 Å². The maximum Gasteiger partial charge on any atom is 0.193 e. The number of benzene rings is 2. The first-order valence-corrected chi connectivity index (χ1v) is 6.66. The van der Waals surface area contributed by atoms with Gasteiger partial charge in [0.05, 0.1) is 20.8 Å². The van der Waals surface area contributed by atoms with Gasteiger partial charge in [-0.2, -0.15) is 0 Å². The summed E-state index contributed by atoms with van der Waals surface area (Å²) in [5.74, 6) is 0.796. The fourth-order valence-corrected chi connectivity index (χ4v) is 1.85. The molecular formula is C16H18FN3O2. The van der Waals surface area contributed by atoms with E-state index in [1.807, 2.05) is 24.3 Å². The van der Waals surface area contributed by atoms with Crippen molar-refractivity contribution in [3.63, 3.8) is 0 Å². The highest BCUT2D eigenvalue weighted by Gasteiger charge is 2.03. The number of aliphatic imine (C=N–C) groups is 1. The third-order valence-electron chi connectivity index (χ3n) is 3.01. The van der Waals surface area contributed by atoms with Gasteiger partial charge in [-0.3, -0.25) is 0 Å². The summed E-state index contributed by atoms with van der Waals surface area (Å²) in [6.45, 7) is 0.274. The van der Waals surface area contributed by atoms with Gasteiger partial charge in [-0.25, -0.2) is 9.38 Å². The Morgan fingerprint density at radius 1 is 1.14 bits per heavy atom. The Bertz CT molecular complexity index is 657. The maximum atomic E-state index is 13.6. The van der Waals surface area contributed by atoms with Crippen molar-refractivity contribution < 1.29 is 13.9 Å². The number of hydrogen-bond acceptors (Lipinski definition) is 3.